The molecule has 0 spiro atoms. The highest BCUT2D eigenvalue weighted by molar-refractivity contribution is 9.10. The Bertz CT molecular complexity index is 250. The Kier molecular flexibility index (Phi) is 4.56. The maximum Gasteiger partial charge on any atom is 0.119 e. The van der Waals surface area contributed by atoms with Crippen molar-refractivity contribution >= 4 is 27.5 Å². The number of rotatable bonds is 4. The fourth-order valence-corrected chi connectivity index (χ4v) is 1.12. The fourth-order valence-electron chi connectivity index (χ4n) is 0.768. The number of aliphatic hydroxyl groups is 1. The van der Waals surface area contributed by atoms with Crippen LogP contribution in [0, 0.1) is 0 Å². The third-order valence-electron chi connectivity index (χ3n) is 1.43. The standard InChI is InChI=1S/C9H10BrClO2/c10-7-1-3-9(4-2-7)13-6-8(12)5-11/h1-4,8,12H,5-6H2. The van der Waals surface area contributed by atoms with Gasteiger partial charge in [-0.2, -0.15) is 0 Å². The Morgan fingerprint density at radius 2 is 2.00 bits per heavy atom. The Labute approximate surface area is 90.6 Å². The van der Waals surface area contributed by atoms with E-state index >= 15 is 0 Å². The number of benzene rings is 1. The van der Waals surface area contributed by atoms with Gasteiger partial charge in [0.1, 0.15) is 18.5 Å². The molecule has 1 atom stereocenters. The molecule has 0 saturated heterocycles. The summed E-state index contributed by atoms with van der Waals surface area (Å²) in [4.78, 5) is 0. The molecule has 0 heterocycles. The number of hydrogen-bond acceptors (Lipinski definition) is 2. The molecule has 0 aliphatic rings. The first-order valence-corrected chi connectivity index (χ1v) is 5.17. The molecule has 13 heavy (non-hydrogen) atoms. The van der Waals surface area contributed by atoms with E-state index in [2.05, 4.69) is 15.9 Å². The van der Waals surface area contributed by atoms with Crippen molar-refractivity contribution in [3.05, 3.63) is 28.7 Å². The second-order valence-electron chi connectivity index (χ2n) is 2.57. The van der Waals surface area contributed by atoms with E-state index in [0.717, 1.165) is 10.2 Å². The Morgan fingerprint density at radius 1 is 1.38 bits per heavy atom. The van der Waals surface area contributed by atoms with Crippen molar-refractivity contribution in [1.29, 1.82) is 0 Å². The number of ether oxygens (including phenoxy) is 1. The van der Waals surface area contributed by atoms with Gasteiger partial charge in [-0.25, -0.2) is 0 Å². The van der Waals surface area contributed by atoms with Gasteiger partial charge in [0.05, 0.1) is 5.88 Å². The van der Waals surface area contributed by atoms with Gasteiger partial charge in [0.25, 0.3) is 0 Å². The van der Waals surface area contributed by atoms with Crippen molar-refractivity contribution in [2.75, 3.05) is 12.5 Å². The van der Waals surface area contributed by atoms with E-state index in [4.69, 9.17) is 21.4 Å². The predicted molar refractivity (Wildman–Crippen MR) is 56.4 cm³/mol. The summed E-state index contributed by atoms with van der Waals surface area (Å²) in [6, 6.07) is 7.40. The quantitative estimate of drug-likeness (QED) is 0.847. The molecule has 2 nitrogen and oxygen atoms in total. The second kappa shape index (κ2) is 5.47. The zero-order valence-electron chi connectivity index (χ0n) is 6.91. The van der Waals surface area contributed by atoms with Gasteiger partial charge in [0.2, 0.25) is 0 Å². The van der Waals surface area contributed by atoms with Crippen LogP contribution in [-0.4, -0.2) is 23.7 Å². The number of aliphatic hydroxyl groups excluding tert-OH is 1. The minimum Gasteiger partial charge on any atom is -0.491 e. The van der Waals surface area contributed by atoms with Gasteiger partial charge < -0.3 is 9.84 Å². The first-order valence-electron chi connectivity index (χ1n) is 3.85. The van der Waals surface area contributed by atoms with Crippen LogP contribution in [-0.2, 0) is 0 Å². The van der Waals surface area contributed by atoms with E-state index in [9.17, 15) is 0 Å². The summed E-state index contributed by atoms with van der Waals surface area (Å²) in [6.45, 7) is 0.227. The van der Waals surface area contributed by atoms with Crippen LogP contribution in [0.15, 0.2) is 28.7 Å². The molecule has 0 bridgehead atoms. The SMILES string of the molecule is OC(CCl)COc1ccc(Br)cc1. The van der Waals surface area contributed by atoms with Crippen molar-refractivity contribution in [2.45, 2.75) is 6.10 Å². The summed E-state index contributed by atoms with van der Waals surface area (Å²) < 4.78 is 6.26. The zero-order chi connectivity index (χ0) is 9.68. The van der Waals surface area contributed by atoms with E-state index in [1.807, 2.05) is 24.3 Å². The van der Waals surface area contributed by atoms with Crippen LogP contribution in [0.4, 0.5) is 0 Å². The van der Waals surface area contributed by atoms with E-state index in [0.29, 0.717) is 0 Å². The summed E-state index contributed by atoms with van der Waals surface area (Å²) in [7, 11) is 0. The van der Waals surface area contributed by atoms with Crippen LogP contribution in [0.1, 0.15) is 0 Å². The van der Waals surface area contributed by atoms with Crippen LogP contribution in [0.3, 0.4) is 0 Å². The molecule has 1 rings (SSSR count). The van der Waals surface area contributed by atoms with Crippen molar-refractivity contribution < 1.29 is 9.84 Å². The average molecular weight is 266 g/mol. The molecule has 4 heteroatoms. The Morgan fingerprint density at radius 3 is 2.54 bits per heavy atom. The van der Waals surface area contributed by atoms with Gasteiger partial charge in [-0.05, 0) is 24.3 Å². The third-order valence-corrected chi connectivity index (χ3v) is 2.32. The van der Waals surface area contributed by atoms with Gasteiger partial charge in [-0.1, -0.05) is 15.9 Å². The normalized spacial score (nSPS) is 12.5. The lowest BCUT2D eigenvalue weighted by molar-refractivity contribution is 0.125. The molecular formula is C9H10BrClO2. The molecule has 0 radical (unpaired) electrons. The minimum absolute atomic E-state index is 0.191. The van der Waals surface area contributed by atoms with Gasteiger partial charge in [0, 0.05) is 4.47 Å². The minimum atomic E-state index is -0.606. The lowest BCUT2D eigenvalue weighted by Crippen LogP contribution is -2.18. The molecule has 0 fully saturated rings. The first-order chi connectivity index (χ1) is 6.22. The van der Waals surface area contributed by atoms with Crippen LogP contribution >= 0.6 is 27.5 Å². The Balaban J connectivity index is 2.41. The van der Waals surface area contributed by atoms with E-state index in [1.165, 1.54) is 0 Å². The summed E-state index contributed by atoms with van der Waals surface area (Å²) in [5, 5.41) is 9.11. The van der Waals surface area contributed by atoms with Gasteiger partial charge in [-0.15, -0.1) is 11.6 Å². The molecule has 0 aromatic heterocycles. The summed E-state index contributed by atoms with van der Waals surface area (Å²) in [6.07, 6.45) is -0.606. The van der Waals surface area contributed by atoms with Crippen LogP contribution < -0.4 is 4.74 Å². The molecule has 1 aromatic carbocycles. The molecule has 1 N–H and O–H groups in total. The summed E-state index contributed by atoms with van der Waals surface area (Å²) >= 11 is 8.72. The van der Waals surface area contributed by atoms with Crippen molar-refractivity contribution in [2.24, 2.45) is 0 Å². The van der Waals surface area contributed by atoms with Gasteiger partial charge in [-0.3, -0.25) is 0 Å². The number of hydrogen-bond donors (Lipinski definition) is 1. The maximum absolute atomic E-state index is 9.11. The topological polar surface area (TPSA) is 29.5 Å². The van der Waals surface area contributed by atoms with Crippen LogP contribution in [0.5, 0.6) is 5.75 Å². The first kappa shape index (κ1) is 10.8. The molecule has 0 saturated carbocycles. The van der Waals surface area contributed by atoms with E-state index in [1.54, 1.807) is 0 Å². The zero-order valence-corrected chi connectivity index (χ0v) is 9.25. The van der Waals surface area contributed by atoms with Crippen LogP contribution in [0.2, 0.25) is 0 Å². The lowest BCUT2D eigenvalue weighted by Gasteiger charge is -2.09. The molecular weight excluding hydrogens is 255 g/mol. The Hall–Kier alpha value is -0.250. The number of halogens is 2. The molecule has 0 aliphatic heterocycles. The third kappa shape index (κ3) is 3.98. The van der Waals surface area contributed by atoms with Crippen molar-refractivity contribution in [3.63, 3.8) is 0 Å². The monoisotopic (exact) mass is 264 g/mol. The smallest absolute Gasteiger partial charge is 0.119 e. The average Bonchev–Trinajstić information content (AvgIpc) is 2.16. The maximum atomic E-state index is 9.11. The second-order valence-corrected chi connectivity index (χ2v) is 3.80. The summed E-state index contributed by atoms with van der Waals surface area (Å²) in [5.74, 6) is 0.920. The molecule has 1 aromatic rings. The summed E-state index contributed by atoms with van der Waals surface area (Å²) in [5.41, 5.74) is 0. The van der Waals surface area contributed by atoms with Gasteiger partial charge in [0.15, 0.2) is 0 Å². The largest absolute Gasteiger partial charge is 0.491 e. The van der Waals surface area contributed by atoms with Crippen LogP contribution in [0.25, 0.3) is 0 Å². The molecule has 1 unspecified atom stereocenters. The van der Waals surface area contributed by atoms with E-state index in [-0.39, 0.29) is 12.5 Å². The molecule has 72 valence electrons. The van der Waals surface area contributed by atoms with E-state index < -0.39 is 6.10 Å². The molecule has 0 amide bonds. The predicted octanol–water partition coefficient (Wildman–Crippen LogP) is 2.43. The van der Waals surface area contributed by atoms with Crippen molar-refractivity contribution in [3.8, 4) is 5.75 Å². The van der Waals surface area contributed by atoms with Gasteiger partial charge >= 0.3 is 0 Å². The molecule has 0 aliphatic carbocycles. The number of alkyl halides is 1. The fraction of sp³-hybridized carbons (Fsp3) is 0.333. The highest BCUT2D eigenvalue weighted by Gasteiger charge is 2.02. The highest BCUT2D eigenvalue weighted by Crippen LogP contribution is 2.16. The lowest BCUT2D eigenvalue weighted by atomic mass is 10.3. The highest BCUT2D eigenvalue weighted by atomic mass is 79.9. The van der Waals surface area contributed by atoms with Crippen molar-refractivity contribution in [1.82, 2.24) is 0 Å².